The Bertz CT molecular complexity index is 451. The highest BCUT2D eigenvalue weighted by Gasteiger charge is 2.30. The van der Waals surface area contributed by atoms with Gasteiger partial charge in [0.15, 0.2) is 19.5 Å². The van der Waals surface area contributed by atoms with E-state index < -0.39 is 19.5 Å². The van der Waals surface area contributed by atoms with Crippen LogP contribution in [0.1, 0.15) is 20.3 Å². The number of hydrogen-bond donors (Lipinski definition) is 1. The summed E-state index contributed by atoms with van der Waals surface area (Å²) in [7, 11) is 0.609. The quantitative estimate of drug-likeness (QED) is 0.398. The first-order valence-corrected chi connectivity index (χ1v) is 11.7. The highest BCUT2D eigenvalue weighted by atomic mass is 28.2. The van der Waals surface area contributed by atoms with Crippen molar-refractivity contribution in [3.05, 3.63) is 18.2 Å². The van der Waals surface area contributed by atoms with Gasteiger partial charge in [0.25, 0.3) is 0 Å². The molecule has 1 aromatic carbocycles. The van der Waals surface area contributed by atoms with Crippen molar-refractivity contribution in [2.45, 2.75) is 39.7 Å². The summed E-state index contributed by atoms with van der Waals surface area (Å²) >= 11 is 0. The molecule has 1 aromatic rings. The van der Waals surface area contributed by atoms with Crippen molar-refractivity contribution in [2.75, 3.05) is 19.5 Å². The van der Waals surface area contributed by atoms with Gasteiger partial charge in [0, 0.05) is 11.5 Å². The van der Waals surface area contributed by atoms with E-state index in [4.69, 9.17) is 24.1 Å². The third kappa shape index (κ3) is 5.64. The second-order valence-corrected chi connectivity index (χ2v) is 7.55. The lowest BCUT2D eigenvalue weighted by Gasteiger charge is -2.34. The van der Waals surface area contributed by atoms with Gasteiger partial charge in [0.1, 0.15) is 17.8 Å². The Morgan fingerprint density at radius 2 is 1.82 bits per heavy atom. The van der Waals surface area contributed by atoms with Gasteiger partial charge in [0.05, 0.1) is 19.4 Å². The molecule has 126 valence electrons. The van der Waals surface area contributed by atoms with E-state index in [0.717, 1.165) is 12.2 Å². The fourth-order valence-corrected chi connectivity index (χ4v) is 4.03. The zero-order valence-corrected chi connectivity index (χ0v) is 17.2. The lowest BCUT2D eigenvalue weighted by Crippen LogP contribution is -2.37. The van der Waals surface area contributed by atoms with Crippen molar-refractivity contribution >= 4 is 25.2 Å². The first-order chi connectivity index (χ1) is 10.4. The highest BCUT2D eigenvalue weighted by molar-refractivity contribution is 6.26. The van der Waals surface area contributed by atoms with Crippen LogP contribution < -0.4 is 15.2 Å². The molecule has 0 aliphatic carbocycles. The van der Waals surface area contributed by atoms with Gasteiger partial charge in [-0.2, -0.15) is 0 Å². The molecule has 0 bridgehead atoms. The van der Waals surface area contributed by atoms with Crippen LogP contribution in [0.5, 0.6) is 11.5 Å². The van der Waals surface area contributed by atoms with Crippen molar-refractivity contribution in [1.82, 2.24) is 0 Å². The lowest BCUT2D eigenvalue weighted by molar-refractivity contribution is -0.0854. The summed E-state index contributed by atoms with van der Waals surface area (Å²) < 4.78 is 22.7. The minimum Gasteiger partial charge on any atom is -0.494 e. The Kier molecular flexibility index (Phi) is 7.94. The minimum absolute atomic E-state index is 0.0656. The number of anilines is 1. The number of benzene rings is 1. The minimum atomic E-state index is -0.495. The predicted octanol–water partition coefficient (Wildman–Crippen LogP) is 1.70. The molecule has 2 N–H and O–H groups in total. The van der Waals surface area contributed by atoms with E-state index in [-0.39, 0.29) is 11.7 Å². The van der Waals surface area contributed by atoms with E-state index in [0.29, 0.717) is 18.0 Å². The van der Waals surface area contributed by atoms with Crippen LogP contribution in [0, 0.1) is 5.41 Å². The summed E-state index contributed by atoms with van der Waals surface area (Å²) in [6.07, 6.45) is 0.748. The molecule has 0 aromatic heterocycles. The number of rotatable bonds is 10. The van der Waals surface area contributed by atoms with E-state index in [1.165, 1.54) is 0 Å². The Balaban J connectivity index is 2.57. The van der Waals surface area contributed by atoms with E-state index in [2.05, 4.69) is 26.9 Å². The van der Waals surface area contributed by atoms with Crippen molar-refractivity contribution < 1.29 is 18.3 Å². The SMILES string of the molecule is COc1cc(OCCC(C)(C)C(O[SiH2]C)O[SiH2]C)ccc1N. The molecule has 0 aliphatic rings. The Labute approximate surface area is 138 Å². The Morgan fingerprint density at radius 3 is 2.36 bits per heavy atom. The van der Waals surface area contributed by atoms with Crippen LogP contribution in [0.2, 0.25) is 13.1 Å². The Hall–Kier alpha value is -1.03. The summed E-state index contributed by atoms with van der Waals surface area (Å²) in [6.45, 7) is 9.18. The maximum absolute atomic E-state index is 5.86. The maximum Gasteiger partial charge on any atom is 0.161 e. The van der Waals surface area contributed by atoms with Crippen LogP contribution in [-0.2, 0) is 8.85 Å². The summed E-state index contributed by atoms with van der Waals surface area (Å²) in [5, 5.41) is 0. The van der Waals surface area contributed by atoms with Gasteiger partial charge in [-0.3, -0.25) is 0 Å². The van der Waals surface area contributed by atoms with E-state index >= 15 is 0 Å². The van der Waals surface area contributed by atoms with Crippen molar-refractivity contribution in [2.24, 2.45) is 5.41 Å². The molecule has 0 saturated heterocycles. The topological polar surface area (TPSA) is 62.9 Å². The van der Waals surface area contributed by atoms with Crippen LogP contribution in [0.3, 0.4) is 0 Å². The summed E-state index contributed by atoms with van der Waals surface area (Å²) in [6, 6.07) is 5.46. The van der Waals surface area contributed by atoms with E-state index in [1.807, 2.05) is 12.1 Å². The number of hydrogen-bond acceptors (Lipinski definition) is 5. The van der Waals surface area contributed by atoms with Crippen LogP contribution in [-0.4, -0.2) is 39.5 Å². The number of nitrogen functional groups attached to an aromatic ring is 1. The summed E-state index contributed by atoms with van der Waals surface area (Å²) in [5.74, 6) is 1.39. The van der Waals surface area contributed by atoms with Gasteiger partial charge in [-0.15, -0.1) is 0 Å². The molecule has 0 radical (unpaired) electrons. The van der Waals surface area contributed by atoms with Crippen molar-refractivity contribution in [3.63, 3.8) is 0 Å². The molecule has 7 heteroatoms. The fraction of sp³-hybridized carbons (Fsp3) is 0.600. The third-order valence-corrected chi connectivity index (χ3v) is 4.77. The number of nitrogens with two attached hydrogens (primary N) is 1. The second-order valence-electron chi connectivity index (χ2n) is 5.73. The normalized spacial score (nSPS) is 14.0. The maximum atomic E-state index is 5.86. The number of ether oxygens (including phenoxy) is 2. The largest absolute Gasteiger partial charge is 0.494 e. The molecule has 0 fully saturated rings. The molecule has 0 saturated carbocycles. The molecule has 0 heterocycles. The average Bonchev–Trinajstić information content (AvgIpc) is 2.48. The fourth-order valence-electron chi connectivity index (χ4n) is 2.13. The average molecular weight is 344 g/mol. The lowest BCUT2D eigenvalue weighted by atomic mass is 9.89. The zero-order chi connectivity index (χ0) is 16.6. The first-order valence-electron chi connectivity index (χ1n) is 7.74. The molecule has 0 amide bonds. The van der Waals surface area contributed by atoms with Gasteiger partial charge < -0.3 is 24.1 Å². The Morgan fingerprint density at radius 1 is 1.18 bits per heavy atom. The summed E-state index contributed by atoms with van der Waals surface area (Å²) in [5.41, 5.74) is 6.34. The van der Waals surface area contributed by atoms with Gasteiger partial charge in [-0.25, -0.2) is 0 Å². The molecular weight excluding hydrogens is 314 g/mol. The third-order valence-electron chi connectivity index (χ3n) is 3.49. The van der Waals surface area contributed by atoms with Gasteiger partial charge in [-0.1, -0.05) is 26.9 Å². The molecule has 1 rings (SSSR count). The zero-order valence-electron chi connectivity index (χ0n) is 14.3. The predicted molar refractivity (Wildman–Crippen MR) is 96.1 cm³/mol. The molecule has 5 nitrogen and oxygen atoms in total. The standard InChI is InChI=1S/C15H29NO4Si2/c1-15(2,14(19-21-4)20-22-5)8-9-18-11-6-7-12(16)13(10-11)17-3/h6-7,10,14H,8-9,16,21-22H2,1-5H3. The van der Waals surface area contributed by atoms with Gasteiger partial charge in [0.2, 0.25) is 0 Å². The van der Waals surface area contributed by atoms with Crippen molar-refractivity contribution in [3.8, 4) is 11.5 Å². The molecule has 0 spiro atoms. The van der Waals surface area contributed by atoms with Crippen LogP contribution in [0.4, 0.5) is 5.69 Å². The van der Waals surface area contributed by atoms with Gasteiger partial charge in [-0.05, 0) is 18.6 Å². The van der Waals surface area contributed by atoms with E-state index in [9.17, 15) is 0 Å². The smallest absolute Gasteiger partial charge is 0.161 e. The van der Waals surface area contributed by atoms with Crippen LogP contribution in [0.25, 0.3) is 0 Å². The van der Waals surface area contributed by atoms with Crippen molar-refractivity contribution in [1.29, 1.82) is 0 Å². The van der Waals surface area contributed by atoms with Gasteiger partial charge >= 0.3 is 0 Å². The van der Waals surface area contributed by atoms with Crippen LogP contribution in [0.15, 0.2) is 18.2 Å². The number of methoxy groups -OCH3 is 1. The monoisotopic (exact) mass is 343 g/mol. The van der Waals surface area contributed by atoms with E-state index in [1.54, 1.807) is 13.2 Å². The molecule has 0 unspecified atom stereocenters. The molecular formula is C15H29NO4Si2. The molecule has 0 atom stereocenters. The first kappa shape index (κ1) is 19.0. The molecule has 0 aliphatic heterocycles. The summed E-state index contributed by atoms with van der Waals surface area (Å²) in [4.78, 5) is 0. The molecule has 22 heavy (non-hydrogen) atoms. The highest BCUT2D eigenvalue weighted by Crippen LogP contribution is 2.30. The second kappa shape index (κ2) is 9.19. The van der Waals surface area contributed by atoms with Crippen LogP contribution >= 0.6 is 0 Å².